The van der Waals surface area contributed by atoms with Gasteiger partial charge < -0.3 is 14.6 Å². The second-order valence-electron chi connectivity index (χ2n) is 4.44. The number of nitrogens with one attached hydrogen (secondary N) is 1. The van der Waals surface area contributed by atoms with Gasteiger partial charge in [-0.3, -0.25) is 4.79 Å². The lowest BCUT2D eigenvalue weighted by molar-refractivity contribution is -0.123. The second kappa shape index (κ2) is 5.56. The van der Waals surface area contributed by atoms with E-state index in [1.54, 1.807) is 13.2 Å². The van der Waals surface area contributed by atoms with E-state index in [4.69, 9.17) is 0 Å². The van der Waals surface area contributed by atoms with Crippen LogP contribution in [-0.4, -0.2) is 40.9 Å². The molecular formula is C12H16BrN5O. The van der Waals surface area contributed by atoms with Gasteiger partial charge in [-0.05, 0) is 15.9 Å². The summed E-state index contributed by atoms with van der Waals surface area (Å²) in [4.78, 5) is 22.2. The first-order chi connectivity index (χ1) is 9.02. The third-order valence-electron chi connectivity index (χ3n) is 2.93. The third kappa shape index (κ3) is 2.86. The van der Waals surface area contributed by atoms with Crippen LogP contribution in [0.3, 0.4) is 0 Å². The van der Waals surface area contributed by atoms with Crippen LogP contribution in [0.25, 0.3) is 5.65 Å². The van der Waals surface area contributed by atoms with Crippen molar-refractivity contribution in [1.29, 1.82) is 0 Å². The predicted molar refractivity (Wildman–Crippen MR) is 77.2 cm³/mol. The van der Waals surface area contributed by atoms with Crippen LogP contribution in [0.2, 0.25) is 0 Å². The number of imidazole rings is 1. The van der Waals surface area contributed by atoms with Gasteiger partial charge >= 0.3 is 0 Å². The summed E-state index contributed by atoms with van der Waals surface area (Å²) in [5.74, 6) is 0.641. The van der Waals surface area contributed by atoms with E-state index in [1.165, 1.54) is 0 Å². The van der Waals surface area contributed by atoms with Gasteiger partial charge in [-0.2, -0.15) is 0 Å². The molecule has 1 N–H and O–H groups in total. The molecule has 0 spiro atoms. The second-order valence-corrected chi connectivity index (χ2v) is 5.25. The largest absolute Gasteiger partial charge is 0.359 e. The first-order valence-corrected chi connectivity index (χ1v) is 6.74. The number of fused-ring (bicyclic) bond motifs is 1. The van der Waals surface area contributed by atoms with Gasteiger partial charge in [0.15, 0.2) is 11.5 Å². The Bertz CT molecular complexity index is 597. The van der Waals surface area contributed by atoms with Crippen molar-refractivity contribution in [2.24, 2.45) is 5.92 Å². The number of hydrogen-bond donors (Lipinski definition) is 1. The molecule has 0 saturated heterocycles. The SMILES string of the molecule is CNC(=O)C(C)CN(C)c1nc(Br)cn2ccnc12. The van der Waals surface area contributed by atoms with Crippen molar-refractivity contribution in [3.8, 4) is 0 Å². The highest BCUT2D eigenvalue weighted by molar-refractivity contribution is 9.10. The Hall–Kier alpha value is -1.63. The number of carbonyl (C=O) groups is 1. The number of amides is 1. The molecule has 7 heteroatoms. The Morgan fingerprint density at radius 1 is 1.63 bits per heavy atom. The van der Waals surface area contributed by atoms with E-state index >= 15 is 0 Å². The van der Waals surface area contributed by atoms with Crippen molar-refractivity contribution in [3.05, 3.63) is 23.2 Å². The predicted octanol–water partition coefficient (Wildman–Crippen LogP) is 1.31. The molecule has 0 aliphatic heterocycles. The van der Waals surface area contributed by atoms with Gasteiger partial charge in [0.25, 0.3) is 0 Å². The number of rotatable bonds is 4. The molecule has 2 rings (SSSR count). The average molecular weight is 326 g/mol. The highest BCUT2D eigenvalue weighted by Gasteiger charge is 2.17. The van der Waals surface area contributed by atoms with Crippen molar-refractivity contribution in [2.45, 2.75) is 6.92 Å². The Labute approximate surface area is 120 Å². The Morgan fingerprint density at radius 3 is 3.05 bits per heavy atom. The number of anilines is 1. The number of carbonyl (C=O) groups excluding carboxylic acids is 1. The van der Waals surface area contributed by atoms with Crippen LogP contribution in [-0.2, 0) is 4.79 Å². The molecule has 2 aromatic rings. The summed E-state index contributed by atoms with van der Waals surface area (Å²) < 4.78 is 2.63. The van der Waals surface area contributed by atoms with Gasteiger partial charge in [0, 0.05) is 39.2 Å². The molecule has 0 fully saturated rings. The van der Waals surface area contributed by atoms with Crippen LogP contribution in [0.15, 0.2) is 23.2 Å². The van der Waals surface area contributed by atoms with Gasteiger partial charge in [-0.1, -0.05) is 6.92 Å². The normalized spacial score (nSPS) is 12.4. The molecule has 6 nitrogen and oxygen atoms in total. The zero-order valence-electron chi connectivity index (χ0n) is 11.1. The Morgan fingerprint density at radius 2 is 2.37 bits per heavy atom. The molecule has 0 bridgehead atoms. The molecule has 2 heterocycles. The van der Waals surface area contributed by atoms with Crippen LogP contribution >= 0.6 is 15.9 Å². The molecule has 0 aromatic carbocycles. The Balaban J connectivity index is 2.28. The maximum absolute atomic E-state index is 11.6. The van der Waals surface area contributed by atoms with Crippen LogP contribution in [0.4, 0.5) is 5.82 Å². The highest BCUT2D eigenvalue weighted by atomic mass is 79.9. The number of hydrogen-bond acceptors (Lipinski definition) is 4. The minimum atomic E-state index is -0.120. The standard InChI is InChI=1S/C12H16BrN5O/c1-8(12(19)14-2)6-17(3)11-10-15-4-5-18(10)7-9(13)16-11/h4-5,7-8H,6H2,1-3H3,(H,14,19). The van der Waals surface area contributed by atoms with E-state index in [1.807, 2.05) is 35.7 Å². The summed E-state index contributed by atoms with van der Waals surface area (Å²) in [6.45, 7) is 2.46. The van der Waals surface area contributed by atoms with Crippen molar-refractivity contribution >= 4 is 33.3 Å². The molecule has 102 valence electrons. The van der Waals surface area contributed by atoms with Crippen LogP contribution in [0.5, 0.6) is 0 Å². The highest BCUT2D eigenvalue weighted by Crippen LogP contribution is 2.20. The molecule has 0 aliphatic rings. The fourth-order valence-electron chi connectivity index (χ4n) is 1.97. The lowest BCUT2D eigenvalue weighted by atomic mass is 10.1. The van der Waals surface area contributed by atoms with E-state index in [-0.39, 0.29) is 11.8 Å². The molecule has 1 unspecified atom stereocenters. The average Bonchev–Trinajstić information content (AvgIpc) is 2.84. The Kier molecular flexibility index (Phi) is 4.04. The molecule has 2 aromatic heterocycles. The van der Waals surface area contributed by atoms with E-state index in [2.05, 4.69) is 31.2 Å². The van der Waals surface area contributed by atoms with Crippen LogP contribution in [0.1, 0.15) is 6.92 Å². The first-order valence-electron chi connectivity index (χ1n) is 5.95. The van der Waals surface area contributed by atoms with Crippen LogP contribution < -0.4 is 10.2 Å². The van der Waals surface area contributed by atoms with Gasteiger partial charge in [-0.15, -0.1) is 0 Å². The number of nitrogens with zero attached hydrogens (tertiary/aromatic N) is 4. The van der Waals surface area contributed by atoms with Gasteiger partial charge in [0.1, 0.15) is 4.60 Å². The molecule has 1 amide bonds. The minimum absolute atomic E-state index is 0.0150. The number of halogens is 1. The zero-order chi connectivity index (χ0) is 14.0. The van der Waals surface area contributed by atoms with E-state index < -0.39 is 0 Å². The first kappa shape index (κ1) is 13.8. The summed E-state index contributed by atoms with van der Waals surface area (Å²) in [7, 11) is 3.55. The van der Waals surface area contributed by atoms with E-state index in [0.717, 1.165) is 16.1 Å². The quantitative estimate of drug-likeness (QED) is 0.920. The molecular weight excluding hydrogens is 310 g/mol. The summed E-state index contributed by atoms with van der Waals surface area (Å²) in [5, 5.41) is 2.65. The maximum atomic E-state index is 11.6. The molecule has 0 saturated carbocycles. The minimum Gasteiger partial charge on any atom is -0.359 e. The summed E-state index contributed by atoms with van der Waals surface area (Å²) in [6, 6.07) is 0. The lowest BCUT2D eigenvalue weighted by Gasteiger charge is -2.22. The van der Waals surface area contributed by atoms with Gasteiger partial charge in [0.05, 0.1) is 5.92 Å². The molecule has 1 atom stereocenters. The summed E-state index contributed by atoms with van der Waals surface area (Å²) in [6.07, 6.45) is 5.44. The zero-order valence-corrected chi connectivity index (χ0v) is 12.7. The lowest BCUT2D eigenvalue weighted by Crippen LogP contribution is -2.34. The molecule has 0 radical (unpaired) electrons. The van der Waals surface area contributed by atoms with Crippen LogP contribution in [0, 0.1) is 5.92 Å². The topological polar surface area (TPSA) is 62.5 Å². The van der Waals surface area contributed by atoms with E-state index in [0.29, 0.717) is 6.54 Å². The van der Waals surface area contributed by atoms with Crippen molar-refractivity contribution in [1.82, 2.24) is 19.7 Å². The maximum Gasteiger partial charge on any atom is 0.224 e. The molecule has 19 heavy (non-hydrogen) atoms. The monoisotopic (exact) mass is 325 g/mol. The van der Waals surface area contributed by atoms with Crippen molar-refractivity contribution in [2.75, 3.05) is 25.5 Å². The van der Waals surface area contributed by atoms with E-state index in [9.17, 15) is 4.79 Å². The fraction of sp³-hybridized carbons (Fsp3) is 0.417. The smallest absolute Gasteiger partial charge is 0.224 e. The number of aromatic nitrogens is 3. The van der Waals surface area contributed by atoms with Crippen molar-refractivity contribution in [3.63, 3.8) is 0 Å². The third-order valence-corrected chi connectivity index (χ3v) is 3.31. The summed E-state index contributed by atoms with van der Waals surface area (Å²) >= 11 is 3.38. The van der Waals surface area contributed by atoms with Gasteiger partial charge in [-0.25, -0.2) is 9.97 Å². The fourth-order valence-corrected chi connectivity index (χ4v) is 2.36. The van der Waals surface area contributed by atoms with Crippen molar-refractivity contribution < 1.29 is 4.79 Å². The summed E-state index contributed by atoms with van der Waals surface area (Å²) in [5.41, 5.74) is 0.773. The molecule has 0 aliphatic carbocycles. The van der Waals surface area contributed by atoms with Gasteiger partial charge in [0.2, 0.25) is 5.91 Å².